The third-order valence-corrected chi connectivity index (χ3v) is 13.1. The molecule has 13 nitrogen and oxygen atoms in total. The third kappa shape index (κ3) is 5.77. The zero-order valence-electron chi connectivity index (χ0n) is 26.9. The number of amides is 4. The number of nitrogens with one attached hydrogen (secondary N) is 3. The SMILES string of the molecule is CC1(S(=O)(=O)NC(=O)[C@@]23C[C@H]2/C=C\CCCCC[C@H](NC(=O)O)C(=O)N2C[C@@]4(CCc5c(cnc6ccccc56)O4)C[C@H]2C(=O)N3)CC1. The Morgan fingerprint density at radius 1 is 1.10 bits per heavy atom. The van der Waals surface area contributed by atoms with Crippen LogP contribution in [0, 0.1) is 5.92 Å². The summed E-state index contributed by atoms with van der Waals surface area (Å²) >= 11 is 0. The number of hydrogen-bond acceptors (Lipinski definition) is 8. The van der Waals surface area contributed by atoms with Crippen molar-refractivity contribution in [2.75, 3.05) is 6.54 Å². The fourth-order valence-corrected chi connectivity index (χ4v) is 8.86. The van der Waals surface area contributed by atoms with E-state index in [4.69, 9.17) is 4.74 Å². The lowest BCUT2D eigenvalue weighted by Gasteiger charge is -2.36. The van der Waals surface area contributed by atoms with Gasteiger partial charge in [0.15, 0.2) is 0 Å². The molecule has 3 aliphatic heterocycles. The summed E-state index contributed by atoms with van der Waals surface area (Å²) in [6.45, 7) is 1.62. The second-order valence-electron chi connectivity index (χ2n) is 14.3. The van der Waals surface area contributed by atoms with Crippen molar-refractivity contribution < 1.29 is 37.4 Å². The Morgan fingerprint density at radius 3 is 2.67 bits per heavy atom. The molecule has 2 saturated carbocycles. The Balaban J connectivity index is 1.22. The number of nitrogens with zero attached hydrogens (tertiary/aromatic N) is 2. The van der Waals surface area contributed by atoms with Crippen molar-refractivity contribution in [1.29, 1.82) is 0 Å². The van der Waals surface area contributed by atoms with E-state index in [9.17, 15) is 32.7 Å². The summed E-state index contributed by atoms with van der Waals surface area (Å²) in [5.41, 5.74) is -0.638. The van der Waals surface area contributed by atoms with Gasteiger partial charge in [-0.15, -0.1) is 0 Å². The number of aryl methyl sites for hydroxylation is 1. The van der Waals surface area contributed by atoms with Crippen LogP contribution in [-0.4, -0.2) is 81.7 Å². The number of pyridine rings is 1. The number of aromatic nitrogens is 1. The van der Waals surface area contributed by atoms with Gasteiger partial charge in [-0.1, -0.05) is 43.2 Å². The van der Waals surface area contributed by atoms with Crippen molar-refractivity contribution in [2.24, 2.45) is 5.92 Å². The first-order valence-corrected chi connectivity index (χ1v) is 18.2. The molecule has 4 N–H and O–H groups in total. The molecule has 1 saturated heterocycles. The van der Waals surface area contributed by atoms with Crippen molar-refractivity contribution in [2.45, 2.75) is 106 Å². The molecular formula is C34H41N5O8S. The third-order valence-electron chi connectivity index (χ3n) is 10.9. The average molecular weight is 680 g/mol. The molecule has 1 spiro atoms. The monoisotopic (exact) mass is 679 g/mol. The minimum Gasteiger partial charge on any atom is -0.483 e. The quantitative estimate of drug-likeness (QED) is 0.353. The van der Waals surface area contributed by atoms with Crippen LogP contribution in [0.3, 0.4) is 0 Å². The van der Waals surface area contributed by atoms with E-state index in [-0.39, 0.29) is 25.8 Å². The van der Waals surface area contributed by atoms with Crippen LogP contribution in [0.2, 0.25) is 0 Å². The fraction of sp³-hybridized carbons (Fsp3) is 0.559. The molecule has 14 heteroatoms. The van der Waals surface area contributed by atoms with E-state index in [1.807, 2.05) is 36.4 Å². The summed E-state index contributed by atoms with van der Waals surface area (Å²) in [7, 11) is -3.97. The first kappa shape index (κ1) is 32.4. The molecular weight excluding hydrogens is 638 g/mol. The molecule has 0 unspecified atom stereocenters. The molecule has 5 atom stereocenters. The molecule has 3 fully saturated rings. The lowest BCUT2D eigenvalue weighted by molar-refractivity contribution is -0.141. The molecule has 1 aromatic heterocycles. The predicted octanol–water partition coefficient (Wildman–Crippen LogP) is 2.93. The minimum absolute atomic E-state index is 0.0310. The molecule has 4 heterocycles. The van der Waals surface area contributed by atoms with E-state index < -0.39 is 67.7 Å². The number of sulfonamides is 1. The Morgan fingerprint density at radius 2 is 1.90 bits per heavy atom. The lowest BCUT2D eigenvalue weighted by Crippen LogP contribution is -2.58. The first-order chi connectivity index (χ1) is 22.9. The maximum Gasteiger partial charge on any atom is 0.405 e. The van der Waals surface area contributed by atoms with E-state index in [1.165, 1.54) is 4.90 Å². The Kier molecular flexibility index (Phi) is 7.92. The molecule has 0 bridgehead atoms. The average Bonchev–Trinajstić information content (AvgIpc) is 3.94. The number of para-hydroxylation sites is 1. The highest BCUT2D eigenvalue weighted by atomic mass is 32.2. The van der Waals surface area contributed by atoms with Crippen LogP contribution >= 0.6 is 0 Å². The number of carbonyl (C=O) groups is 4. The summed E-state index contributed by atoms with van der Waals surface area (Å²) in [5, 5.41) is 15.8. The smallest absolute Gasteiger partial charge is 0.405 e. The van der Waals surface area contributed by atoms with Gasteiger partial charge in [0.1, 0.15) is 29.0 Å². The number of carboxylic acid groups (broad SMARTS) is 1. The van der Waals surface area contributed by atoms with E-state index in [0.717, 1.165) is 29.3 Å². The van der Waals surface area contributed by atoms with Crippen molar-refractivity contribution >= 4 is 44.7 Å². The van der Waals surface area contributed by atoms with Gasteiger partial charge in [0.25, 0.3) is 5.91 Å². The number of hydrogen-bond donors (Lipinski definition) is 4. The number of rotatable bonds is 4. The lowest BCUT2D eigenvalue weighted by atomic mass is 9.87. The Hall–Kier alpha value is -4.20. The summed E-state index contributed by atoms with van der Waals surface area (Å²) < 4.78 is 34.0. The van der Waals surface area contributed by atoms with Gasteiger partial charge in [0, 0.05) is 23.3 Å². The van der Waals surface area contributed by atoms with Crippen LogP contribution in [0.1, 0.15) is 76.7 Å². The molecule has 4 amide bonds. The number of fused-ring (bicyclic) bond motifs is 5. The van der Waals surface area contributed by atoms with Gasteiger partial charge in [0.2, 0.25) is 21.8 Å². The predicted molar refractivity (Wildman–Crippen MR) is 174 cm³/mol. The summed E-state index contributed by atoms with van der Waals surface area (Å²) in [5.74, 6) is -1.80. The Labute approximate surface area is 278 Å². The molecule has 1 aromatic carbocycles. The van der Waals surface area contributed by atoms with E-state index in [2.05, 4.69) is 20.3 Å². The maximum atomic E-state index is 14.3. The van der Waals surface area contributed by atoms with Crippen molar-refractivity contribution in [3.05, 3.63) is 48.2 Å². The van der Waals surface area contributed by atoms with E-state index >= 15 is 0 Å². The maximum absolute atomic E-state index is 14.3. The second kappa shape index (κ2) is 11.7. The standard InChI is InChI=1S/C34H41N5O8S/c1-32(15-16-32)48(45,46)38-30(42)34-17-21(34)9-5-3-2-4-6-12-25(36-31(43)44)29(41)39-20-33(18-26(39)28(40)37-34)14-13-23-22-10-7-8-11-24(22)35-19-27(23)47-33/h5,7-11,19,21,25-26,36H,2-4,6,12-18,20H2,1H3,(H,37,40)(H,38,42)(H,43,44)/b9-5-/t21-,25+,26+,33-,34-/m1/s1. The Bertz CT molecular complexity index is 1830. The highest BCUT2D eigenvalue weighted by Crippen LogP contribution is 2.48. The van der Waals surface area contributed by atoms with Gasteiger partial charge in [-0.25, -0.2) is 13.2 Å². The topological polar surface area (TPSA) is 184 Å². The van der Waals surface area contributed by atoms with Gasteiger partial charge in [-0.05, 0) is 64.4 Å². The zero-order valence-corrected chi connectivity index (χ0v) is 27.7. The number of carbonyl (C=O) groups excluding carboxylic acids is 3. The largest absolute Gasteiger partial charge is 0.483 e. The molecule has 7 rings (SSSR count). The van der Waals surface area contributed by atoms with Gasteiger partial charge >= 0.3 is 6.09 Å². The van der Waals surface area contributed by atoms with Crippen molar-refractivity contribution in [1.82, 2.24) is 25.2 Å². The van der Waals surface area contributed by atoms with Crippen molar-refractivity contribution in [3.63, 3.8) is 0 Å². The zero-order chi connectivity index (χ0) is 33.9. The van der Waals surface area contributed by atoms with Crippen molar-refractivity contribution in [3.8, 4) is 5.75 Å². The fourth-order valence-electron chi connectivity index (χ4n) is 7.55. The van der Waals surface area contributed by atoms with E-state index in [0.29, 0.717) is 44.3 Å². The van der Waals surface area contributed by atoms with Gasteiger partial charge in [-0.2, -0.15) is 0 Å². The molecule has 256 valence electrons. The van der Waals surface area contributed by atoms with Crippen LogP contribution in [0.4, 0.5) is 4.79 Å². The van der Waals surface area contributed by atoms with E-state index in [1.54, 1.807) is 13.1 Å². The summed E-state index contributed by atoms with van der Waals surface area (Å²) in [6, 6.07) is 5.58. The second-order valence-corrected chi connectivity index (χ2v) is 16.5. The van der Waals surface area contributed by atoms with Crippen LogP contribution in [0.5, 0.6) is 5.75 Å². The normalized spacial score (nSPS) is 31.9. The van der Waals surface area contributed by atoms with Gasteiger partial charge in [0.05, 0.1) is 23.0 Å². The van der Waals surface area contributed by atoms with Crippen LogP contribution in [0.25, 0.3) is 10.9 Å². The molecule has 0 radical (unpaired) electrons. The van der Waals surface area contributed by atoms with Crippen LogP contribution in [0.15, 0.2) is 42.6 Å². The van der Waals surface area contributed by atoms with Gasteiger partial charge in [-0.3, -0.25) is 24.1 Å². The van der Waals surface area contributed by atoms with Gasteiger partial charge < -0.3 is 25.4 Å². The highest BCUT2D eigenvalue weighted by molar-refractivity contribution is 7.91. The molecule has 5 aliphatic rings. The summed E-state index contributed by atoms with van der Waals surface area (Å²) in [6.07, 6.45) is 9.48. The number of allylic oxidation sites excluding steroid dienone is 1. The molecule has 48 heavy (non-hydrogen) atoms. The summed E-state index contributed by atoms with van der Waals surface area (Å²) in [4.78, 5) is 60.0. The number of benzene rings is 1. The first-order valence-electron chi connectivity index (χ1n) is 16.8. The minimum atomic E-state index is -3.97. The highest BCUT2D eigenvalue weighted by Gasteiger charge is 2.64. The van der Waals surface area contributed by atoms with Crippen LogP contribution < -0.4 is 20.1 Å². The molecule has 2 aromatic rings. The van der Waals surface area contributed by atoms with Crippen LogP contribution in [-0.2, 0) is 30.8 Å². The molecule has 2 aliphatic carbocycles. The number of ether oxygens (including phenoxy) is 1.